The first-order chi connectivity index (χ1) is 7.70. The van der Waals surface area contributed by atoms with E-state index in [0.717, 1.165) is 11.1 Å². The van der Waals surface area contributed by atoms with E-state index < -0.39 is 0 Å². The molecule has 0 fully saturated rings. The van der Waals surface area contributed by atoms with E-state index in [-0.39, 0.29) is 12.5 Å². The van der Waals surface area contributed by atoms with Crippen LogP contribution >= 0.6 is 0 Å². The van der Waals surface area contributed by atoms with Crippen LogP contribution in [-0.2, 0) is 6.61 Å². The van der Waals surface area contributed by atoms with E-state index in [1.54, 1.807) is 0 Å². The first-order valence-electron chi connectivity index (χ1n) is 5.24. The molecule has 4 nitrogen and oxygen atoms in total. The van der Waals surface area contributed by atoms with Gasteiger partial charge in [0.15, 0.2) is 0 Å². The largest absolute Gasteiger partial charge is 0.392 e. The first-order valence-corrected chi connectivity index (χ1v) is 5.24. The Morgan fingerprint density at radius 1 is 1.38 bits per heavy atom. The van der Waals surface area contributed by atoms with E-state index in [0.29, 0.717) is 11.7 Å². The van der Waals surface area contributed by atoms with Crippen molar-refractivity contribution in [1.29, 1.82) is 0 Å². The summed E-state index contributed by atoms with van der Waals surface area (Å²) in [6, 6.07) is 7.47. The van der Waals surface area contributed by atoms with Gasteiger partial charge in [0.1, 0.15) is 0 Å². The molecule has 1 N–H and O–H groups in total. The average Bonchev–Trinajstić information content (AvgIpc) is 2.78. The maximum atomic E-state index is 9.04. The molecule has 0 aliphatic rings. The van der Waals surface area contributed by atoms with Gasteiger partial charge in [-0.25, -0.2) is 0 Å². The molecule has 1 aromatic heterocycles. The van der Waals surface area contributed by atoms with Crippen molar-refractivity contribution >= 4 is 0 Å². The van der Waals surface area contributed by atoms with Crippen LogP contribution in [0.15, 0.2) is 28.8 Å². The lowest BCUT2D eigenvalue weighted by Gasteiger charge is -1.98. The molecule has 0 radical (unpaired) electrons. The van der Waals surface area contributed by atoms with Gasteiger partial charge in [-0.15, -0.1) is 0 Å². The Labute approximate surface area is 93.9 Å². The molecule has 0 unspecified atom stereocenters. The zero-order chi connectivity index (χ0) is 11.5. The second kappa shape index (κ2) is 4.45. The summed E-state index contributed by atoms with van der Waals surface area (Å²) in [4.78, 5) is 4.30. The van der Waals surface area contributed by atoms with Gasteiger partial charge in [0.25, 0.3) is 0 Å². The van der Waals surface area contributed by atoms with Crippen LogP contribution in [0.1, 0.15) is 31.2 Å². The van der Waals surface area contributed by atoms with Crippen LogP contribution in [0.5, 0.6) is 0 Å². The molecule has 84 valence electrons. The van der Waals surface area contributed by atoms with Crippen molar-refractivity contribution < 1.29 is 9.63 Å². The second-order valence-electron chi connectivity index (χ2n) is 3.97. The minimum absolute atomic E-state index is 0.0166. The molecule has 1 aromatic carbocycles. The van der Waals surface area contributed by atoms with Crippen LogP contribution < -0.4 is 0 Å². The summed E-state index contributed by atoms with van der Waals surface area (Å²) in [5, 5.41) is 13.0. The number of nitrogens with zero attached hydrogens (tertiary/aromatic N) is 2. The van der Waals surface area contributed by atoms with Gasteiger partial charge in [0.05, 0.1) is 6.61 Å². The van der Waals surface area contributed by atoms with Crippen LogP contribution in [0.3, 0.4) is 0 Å². The highest BCUT2D eigenvalue weighted by Crippen LogP contribution is 2.20. The van der Waals surface area contributed by atoms with Crippen LogP contribution in [0, 0.1) is 0 Å². The quantitative estimate of drug-likeness (QED) is 0.859. The molecule has 4 heteroatoms. The molecule has 0 bridgehead atoms. The monoisotopic (exact) mass is 218 g/mol. The molecular formula is C12H14N2O2. The van der Waals surface area contributed by atoms with Gasteiger partial charge >= 0.3 is 0 Å². The fraction of sp³-hybridized carbons (Fsp3) is 0.333. The van der Waals surface area contributed by atoms with Crippen molar-refractivity contribution in [3.8, 4) is 11.4 Å². The van der Waals surface area contributed by atoms with E-state index in [1.807, 2.05) is 38.1 Å². The predicted molar refractivity (Wildman–Crippen MR) is 59.7 cm³/mol. The Morgan fingerprint density at radius 3 is 2.81 bits per heavy atom. The minimum Gasteiger partial charge on any atom is -0.392 e. The number of hydrogen-bond acceptors (Lipinski definition) is 4. The number of rotatable bonds is 3. The standard InChI is InChI=1S/C12H14N2O2/c1-8(2)12-13-11(14-16-12)10-5-3-4-9(6-10)7-15/h3-6,8,15H,7H2,1-2H3. The third kappa shape index (κ3) is 2.12. The molecular weight excluding hydrogens is 204 g/mol. The number of benzene rings is 1. The highest BCUT2D eigenvalue weighted by Gasteiger charge is 2.11. The Hall–Kier alpha value is -1.68. The summed E-state index contributed by atoms with van der Waals surface area (Å²) < 4.78 is 5.13. The smallest absolute Gasteiger partial charge is 0.229 e. The number of aliphatic hydroxyl groups excluding tert-OH is 1. The topological polar surface area (TPSA) is 59.2 Å². The maximum absolute atomic E-state index is 9.04. The Morgan fingerprint density at radius 2 is 2.19 bits per heavy atom. The normalized spacial score (nSPS) is 11.0. The zero-order valence-electron chi connectivity index (χ0n) is 9.34. The lowest BCUT2D eigenvalue weighted by Crippen LogP contribution is -1.88. The predicted octanol–water partition coefficient (Wildman–Crippen LogP) is 2.35. The zero-order valence-corrected chi connectivity index (χ0v) is 9.34. The first kappa shape index (κ1) is 10.8. The van der Waals surface area contributed by atoms with Gasteiger partial charge in [-0.1, -0.05) is 37.2 Å². The molecule has 1 heterocycles. The number of hydrogen-bond donors (Lipinski definition) is 1. The van der Waals surface area contributed by atoms with Gasteiger partial charge < -0.3 is 9.63 Å². The van der Waals surface area contributed by atoms with Crippen molar-refractivity contribution in [1.82, 2.24) is 10.1 Å². The lowest BCUT2D eigenvalue weighted by atomic mass is 10.1. The third-order valence-electron chi connectivity index (χ3n) is 2.30. The van der Waals surface area contributed by atoms with Crippen molar-refractivity contribution in [3.05, 3.63) is 35.7 Å². The number of aromatic nitrogens is 2. The van der Waals surface area contributed by atoms with Gasteiger partial charge in [0, 0.05) is 11.5 Å². The Bertz CT molecular complexity index is 477. The SMILES string of the molecule is CC(C)c1nc(-c2cccc(CO)c2)no1. The molecule has 0 saturated heterocycles. The summed E-state index contributed by atoms with van der Waals surface area (Å²) >= 11 is 0. The molecule has 16 heavy (non-hydrogen) atoms. The fourth-order valence-corrected chi connectivity index (χ4v) is 1.40. The van der Waals surface area contributed by atoms with E-state index in [1.165, 1.54) is 0 Å². The second-order valence-corrected chi connectivity index (χ2v) is 3.97. The third-order valence-corrected chi connectivity index (χ3v) is 2.30. The Balaban J connectivity index is 2.34. The molecule has 0 amide bonds. The summed E-state index contributed by atoms with van der Waals surface area (Å²) in [6.07, 6.45) is 0. The van der Waals surface area contributed by atoms with Crippen LogP contribution in [-0.4, -0.2) is 15.2 Å². The van der Waals surface area contributed by atoms with Gasteiger partial charge in [-0.05, 0) is 11.6 Å². The minimum atomic E-state index is 0.0166. The maximum Gasteiger partial charge on any atom is 0.229 e. The molecule has 0 spiro atoms. The molecule has 0 aliphatic heterocycles. The van der Waals surface area contributed by atoms with Gasteiger partial charge in [-0.2, -0.15) is 4.98 Å². The molecule has 0 aliphatic carbocycles. The van der Waals surface area contributed by atoms with E-state index in [9.17, 15) is 0 Å². The van der Waals surface area contributed by atoms with Crippen LogP contribution in [0.25, 0.3) is 11.4 Å². The number of aliphatic hydroxyl groups is 1. The van der Waals surface area contributed by atoms with Crippen molar-refractivity contribution in [2.45, 2.75) is 26.4 Å². The fourth-order valence-electron chi connectivity index (χ4n) is 1.40. The summed E-state index contributed by atoms with van der Waals surface area (Å²) in [6.45, 7) is 4.02. The average molecular weight is 218 g/mol. The summed E-state index contributed by atoms with van der Waals surface area (Å²) in [5.41, 5.74) is 1.70. The van der Waals surface area contributed by atoms with Crippen LogP contribution in [0.4, 0.5) is 0 Å². The molecule has 0 atom stereocenters. The van der Waals surface area contributed by atoms with E-state index in [4.69, 9.17) is 9.63 Å². The highest BCUT2D eigenvalue weighted by atomic mass is 16.5. The van der Waals surface area contributed by atoms with Crippen molar-refractivity contribution in [2.24, 2.45) is 0 Å². The summed E-state index contributed by atoms with van der Waals surface area (Å²) in [7, 11) is 0. The lowest BCUT2D eigenvalue weighted by molar-refractivity contribution is 0.282. The van der Waals surface area contributed by atoms with E-state index in [2.05, 4.69) is 10.1 Å². The van der Waals surface area contributed by atoms with Crippen LogP contribution in [0.2, 0.25) is 0 Å². The Kier molecular flexibility index (Phi) is 3.01. The van der Waals surface area contributed by atoms with Gasteiger partial charge in [-0.3, -0.25) is 0 Å². The molecule has 2 rings (SSSR count). The van der Waals surface area contributed by atoms with Crippen molar-refractivity contribution in [3.63, 3.8) is 0 Å². The van der Waals surface area contributed by atoms with Crippen molar-refractivity contribution in [2.75, 3.05) is 0 Å². The highest BCUT2D eigenvalue weighted by molar-refractivity contribution is 5.55. The van der Waals surface area contributed by atoms with Gasteiger partial charge in [0.2, 0.25) is 11.7 Å². The molecule has 0 saturated carbocycles. The molecule has 2 aromatic rings. The van der Waals surface area contributed by atoms with E-state index >= 15 is 0 Å². The summed E-state index contributed by atoms with van der Waals surface area (Å²) in [5.74, 6) is 1.42.